The minimum atomic E-state index is 0.912. The van der Waals surface area contributed by atoms with Gasteiger partial charge < -0.3 is 5.32 Å². The number of fused-ring (bicyclic) bond motifs is 1. The van der Waals surface area contributed by atoms with Crippen molar-refractivity contribution in [2.75, 3.05) is 5.32 Å². The number of halogens is 2. The predicted octanol–water partition coefficient (Wildman–Crippen LogP) is 5.87. The molecule has 2 aromatic carbocycles. The van der Waals surface area contributed by atoms with Gasteiger partial charge in [-0.1, -0.05) is 43.2 Å². The average Bonchev–Trinajstić information content (AvgIpc) is 2.75. The Balaban J connectivity index is 1.94. The van der Waals surface area contributed by atoms with Gasteiger partial charge in [-0.3, -0.25) is 0 Å². The molecule has 0 amide bonds. The topological polar surface area (TPSA) is 24.9 Å². The lowest BCUT2D eigenvalue weighted by atomic mass is 10.2. The van der Waals surface area contributed by atoms with E-state index in [1.165, 1.54) is 10.3 Å². The van der Waals surface area contributed by atoms with Gasteiger partial charge in [-0.2, -0.15) is 0 Å². The molecule has 0 spiro atoms. The smallest absolute Gasteiger partial charge is 0.188 e. The van der Waals surface area contributed by atoms with E-state index in [0.29, 0.717) is 0 Å². The number of rotatable bonds is 2. The fourth-order valence-electron chi connectivity index (χ4n) is 1.80. The normalized spacial score (nSPS) is 10.9. The first kappa shape index (κ1) is 13.1. The Morgan fingerprint density at radius 3 is 2.74 bits per heavy atom. The second-order valence-electron chi connectivity index (χ2n) is 4.22. The third kappa shape index (κ3) is 2.83. The summed E-state index contributed by atoms with van der Waals surface area (Å²) in [7, 11) is 0. The molecule has 0 saturated heterocycles. The molecule has 1 N–H and O–H groups in total. The number of thiazole rings is 1. The van der Waals surface area contributed by atoms with E-state index >= 15 is 0 Å². The highest BCUT2D eigenvalue weighted by atomic mass is 79.9. The van der Waals surface area contributed by atoms with Crippen LogP contribution >= 0.6 is 43.2 Å². The highest BCUT2D eigenvalue weighted by molar-refractivity contribution is 9.10. The van der Waals surface area contributed by atoms with Crippen LogP contribution in [-0.2, 0) is 0 Å². The van der Waals surface area contributed by atoms with Crippen LogP contribution in [0.1, 0.15) is 5.56 Å². The number of hydrogen-bond acceptors (Lipinski definition) is 3. The minimum absolute atomic E-state index is 0.912. The first-order valence-electron chi connectivity index (χ1n) is 5.71. The molecule has 2 nitrogen and oxygen atoms in total. The maximum atomic E-state index is 4.59. The van der Waals surface area contributed by atoms with Gasteiger partial charge in [-0.15, -0.1) is 0 Å². The summed E-state index contributed by atoms with van der Waals surface area (Å²) in [6.07, 6.45) is 0. The predicted molar refractivity (Wildman–Crippen MR) is 89.5 cm³/mol. The summed E-state index contributed by atoms with van der Waals surface area (Å²) in [4.78, 5) is 4.59. The third-order valence-corrected chi connectivity index (χ3v) is 5.09. The molecule has 3 aromatic rings. The first-order chi connectivity index (χ1) is 9.11. The van der Waals surface area contributed by atoms with E-state index in [2.05, 4.69) is 61.2 Å². The number of hydrogen-bond donors (Lipinski definition) is 1. The fourth-order valence-corrected chi connectivity index (χ4v) is 3.26. The van der Waals surface area contributed by atoms with E-state index in [0.717, 1.165) is 25.3 Å². The van der Waals surface area contributed by atoms with Crippen molar-refractivity contribution in [3.05, 3.63) is 50.9 Å². The van der Waals surface area contributed by atoms with Crippen molar-refractivity contribution in [2.24, 2.45) is 0 Å². The summed E-state index contributed by atoms with van der Waals surface area (Å²) >= 11 is 8.63. The molecule has 0 aliphatic rings. The fraction of sp³-hybridized carbons (Fsp3) is 0.0714. The molecule has 0 unspecified atom stereocenters. The van der Waals surface area contributed by atoms with Crippen LogP contribution in [0.25, 0.3) is 10.2 Å². The molecule has 0 aliphatic carbocycles. The number of aryl methyl sites for hydroxylation is 1. The number of aromatic nitrogens is 1. The summed E-state index contributed by atoms with van der Waals surface area (Å²) in [5, 5.41) is 4.26. The van der Waals surface area contributed by atoms with Gasteiger partial charge in [0.25, 0.3) is 0 Å². The maximum Gasteiger partial charge on any atom is 0.188 e. The highest BCUT2D eigenvalue weighted by Gasteiger charge is 2.05. The maximum absolute atomic E-state index is 4.59. The lowest BCUT2D eigenvalue weighted by Crippen LogP contribution is -1.89. The Bertz CT molecular complexity index is 752. The van der Waals surface area contributed by atoms with E-state index < -0.39 is 0 Å². The zero-order chi connectivity index (χ0) is 13.4. The van der Waals surface area contributed by atoms with Crippen LogP contribution in [0.15, 0.2) is 45.3 Å². The summed E-state index contributed by atoms with van der Waals surface area (Å²) < 4.78 is 3.35. The van der Waals surface area contributed by atoms with E-state index in [9.17, 15) is 0 Å². The van der Waals surface area contributed by atoms with Crippen LogP contribution < -0.4 is 5.32 Å². The van der Waals surface area contributed by atoms with Gasteiger partial charge >= 0.3 is 0 Å². The monoisotopic (exact) mass is 396 g/mol. The molecule has 0 saturated carbocycles. The van der Waals surface area contributed by atoms with Crippen molar-refractivity contribution >= 4 is 64.2 Å². The average molecular weight is 398 g/mol. The van der Waals surface area contributed by atoms with Crippen molar-refractivity contribution in [3.8, 4) is 0 Å². The number of nitrogens with zero attached hydrogens (tertiary/aromatic N) is 1. The molecular formula is C14H10Br2N2S. The van der Waals surface area contributed by atoms with Gasteiger partial charge in [0.05, 0.1) is 10.2 Å². The van der Waals surface area contributed by atoms with Crippen molar-refractivity contribution in [1.29, 1.82) is 0 Å². The number of benzene rings is 2. The Labute approximate surface area is 132 Å². The first-order valence-corrected chi connectivity index (χ1v) is 8.11. The SMILES string of the molecule is Cc1cc(Nc2nc3cc(Br)ccc3s2)ccc1Br. The summed E-state index contributed by atoms with van der Waals surface area (Å²) in [6, 6.07) is 12.3. The standard InChI is InChI=1S/C14H10Br2N2S/c1-8-6-10(3-4-11(8)16)17-14-18-12-7-9(15)2-5-13(12)19-14/h2-7H,1H3,(H,17,18). The van der Waals surface area contributed by atoms with Crippen LogP contribution in [0.5, 0.6) is 0 Å². The molecule has 0 atom stereocenters. The largest absolute Gasteiger partial charge is 0.332 e. The van der Waals surface area contributed by atoms with Gasteiger partial charge in [0.15, 0.2) is 5.13 Å². The van der Waals surface area contributed by atoms with Crippen LogP contribution in [0.2, 0.25) is 0 Å². The van der Waals surface area contributed by atoms with Crippen LogP contribution in [0.3, 0.4) is 0 Å². The van der Waals surface area contributed by atoms with Crippen LogP contribution in [0, 0.1) is 6.92 Å². The molecule has 0 radical (unpaired) electrons. The molecule has 1 heterocycles. The van der Waals surface area contributed by atoms with E-state index in [1.54, 1.807) is 11.3 Å². The number of anilines is 2. The van der Waals surface area contributed by atoms with Gasteiger partial charge in [-0.05, 0) is 48.9 Å². The molecule has 1 aromatic heterocycles. The summed E-state index contributed by atoms with van der Waals surface area (Å²) in [6.45, 7) is 2.07. The number of nitrogens with one attached hydrogen (secondary N) is 1. The summed E-state index contributed by atoms with van der Waals surface area (Å²) in [5.41, 5.74) is 3.27. The lowest BCUT2D eigenvalue weighted by Gasteiger charge is -2.04. The van der Waals surface area contributed by atoms with Gasteiger partial charge in [0.2, 0.25) is 0 Å². The minimum Gasteiger partial charge on any atom is -0.332 e. The quantitative estimate of drug-likeness (QED) is 0.584. The Morgan fingerprint density at radius 1 is 1.11 bits per heavy atom. The second-order valence-corrected chi connectivity index (χ2v) is 7.02. The van der Waals surface area contributed by atoms with Crippen LogP contribution in [0.4, 0.5) is 10.8 Å². The van der Waals surface area contributed by atoms with Crippen LogP contribution in [-0.4, -0.2) is 4.98 Å². The Kier molecular flexibility index (Phi) is 3.60. The summed E-state index contributed by atoms with van der Waals surface area (Å²) in [5.74, 6) is 0. The lowest BCUT2D eigenvalue weighted by molar-refractivity contribution is 1.39. The zero-order valence-electron chi connectivity index (χ0n) is 10.1. The molecule has 96 valence electrons. The van der Waals surface area contributed by atoms with E-state index in [1.807, 2.05) is 24.3 Å². The third-order valence-electron chi connectivity index (χ3n) is 2.76. The van der Waals surface area contributed by atoms with Crippen molar-refractivity contribution in [1.82, 2.24) is 4.98 Å². The van der Waals surface area contributed by atoms with E-state index in [-0.39, 0.29) is 0 Å². The van der Waals surface area contributed by atoms with Crippen molar-refractivity contribution in [2.45, 2.75) is 6.92 Å². The Hall–Kier alpha value is -0.910. The molecule has 3 rings (SSSR count). The molecule has 0 bridgehead atoms. The van der Waals surface area contributed by atoms with Crippen molar-refractivity contribution < 1.29 is 0 Å². The van der Waals surface area contributed by atoms with E-state index in [4.69, 9.17) is 0 Å². The van der Waals surface area contributed by atoms with Crippen molar-refractivity contribution in [3.63, 3.8) is 0 Å². The zero-order valence-corrected chi connectivity index (χ0v) is 14.1. The van der Waals surface area contributed by atoms with Gasteiger partial charge in [-0.25, -0.2) is 4.98 Å². The molecular weight excluding hydrogens is 388 g/mol. The highest BCUT2D eigenvalue weighted by Crippen LogP contribution is 2.31. The second kappa shape index (κ2) is 5.23. The van der Waals surface area contributed by atoms with Gasteiger partial charge in [0.1, 0.15) is 0 Å². The van der Waals surface area contributed by atoms with Gasteiger partial charge in [0, 0.05) is 14.6 Å². The Morgan fingerprint density at radius 2 is 1.95 bits per heavy atom. The molecule has 0 aliphatic heterocycles. The molecule has 5 heteroatoms. The molecule has 19 heavy (non-hydrogen) atoms. The molecule has 0 fully saturated rings.